The van der Waals surface area contributed by atoms with Gasteiger partial charge in [-0.3, -0.25) is 9.59 Å². The fourth-order valence-electron chi connectivity index (χ4n) is 5.19. The number of hydrogen-bond donors (Lipinski definition) is 2. The van der Waals surface area contributed by atoms with Crippen LogP contribution >= 0.6 is 0 Å². The highest BCUT2D eigenvalue weighted by Gasteiger charge is 2.34. The lowest BCUT2D eigenvalue weighted by Gasteiger charge is -2.27. The lowest BCUT2D eigenvalue weighted by molar-refractivity contribution is 0.0980. The zero-order valence-corrected chi connectivity index (χ0v) is 22.0. The summed E-state index contributed by atoms with van der Waals surface area (Å²) in [5, 5.41) is 7.10. The second-order valence-corrected chi connectivity index (χ2v) is 10.3. The first-order chi connectivity index (χ1) is 18.5. The molecule has 0 fully saturated rings. The van der Waals surface area contributed by atoms with Gasteiger partial charge >= 0.3 is 0 Å². The van der Waals surface area contributed by atoms with Crippen molar-refractivity contribution in [3.8, 4) is 0 Å². The van der Waals surface area contributed by atoms with Crippen molar-refractivity contribution in [1.29, 1.82) is 0 Å². The normalized spacial score (nSPS) is 13.8. The van der Waals surface area contributed by atoms with E-state index in [1.54, 1.807) is 12.1 Å². The number of benzene rings is 4. The van der Waals surface area contributed by atoms with Crippen molar-refractivity contribution in [3.63, 3.8) is 0 Å². The molecule has 192 valence electrons. The number of ketones is 2. The second-order valence-electron chi connectivity index (χ2n) is 10.3. The summed E-state index contributed by atoms with van der Waals surface area (Å²) in [6, 6.07) is 32.1. The molecule has 0 aliphatic heterocycles. The first kappa shape index (κ1) is 25.5. The third-order valence-electron chi connectivity index (χ3n) is 7.30. The van der Waals surface area contributed by atoms with Crippen molar-refractivity contribution in [2.45, 2.75) is 51.6 Å². The highest BCUT2D eigenvalue weighted by atomic mass is 16.1. The van der Waals surface area contributed by atoms with Crippen LogP contribution in [0.15, 0.2) is 97.1 Å². The van der Waals surface area contributed by atoms with E-state index in [-0.39, 0.29) is 23.7 Å². The summed E-state index contributed by atoms with van der Waals surface area (Å²) in [7, 11) is 0. The van der Waals surface area contributed by atoms with Crippen molar-refractivity contribution in [2.24, 2.45) is 0 Å². The molecule has 2 N–H and O–H groups in total. The lowest BCUT2D eigenvalue weighted by atomic mass is 9.82. The van der Waals surface area contributed by atoms with Gasteiger partial charge in [0.05, 0.1) is 11.1 Å². The number of fused-ring (bicyclic) bond motifs is 2. The van der Waals surface area contributed by atoms with Crippen LogP contribution in [0.5, 0.6) is 0 Å². The molecule has 1 aliphatic carbocycles. The minimum atomic E-state index is -0.103. The van der Waals surface area contributed by atoms with Crippen LogP contribution in [-0.2, 0) is 12.8 Å². The first-order valence-corrected chi connectivity index (χ1v) is 13.5. The van der Waals surface area contributed by atoms with Crippen LogP contribution in [-0.4, -0.2) is 23.7 Å². The van der Waals surface area contributed by atoms with Gasteiger partial charge in [-0.15, -0.1) is 0 Å². The fourth-order valence-corrected chi connectivity index (χ4v) is 5.19. The van der Waals surface area contributed by atoms with E-state index in [1.807, 2.05) is 36.4 Å². The Labute approximate surface area is 225 Å². The number of aryl methyl sites for hydroxylation is 2. The van der Waals surface area contributed by atoms with E-state index in [9.17, 15) is 9.59 Å². The molecule has 4 nitrogen and oxygen atoms in total. The predicted octanol–water partition coefficient (Wildman–Crippen LogP) is 7.33. The summed E-state index contributed by atoms with van der Waals surface area (Å²) in [5.41, 5.74) is 5.89. The van der Waals surface area contributed by atoms with Gasteiger partial charge in [-0.25, -0.2) is 0 Å². The van der Waals surface area contributed by atoms with Gasteiger partial charge in [-0.1, -0.05) is 84.9 Å². The van der Waals surface area contributed by atoms with Gasteiger partial charge in [-0.2, -0.15) is 0 Å². The number of rotatable bonds is 10. The summed E-state index contributed by atoms with van der Waals surface area (Å²) in [6.45, 7) is 4.24. The molecule has 2 atom stereocenters. The molecule has 5 rings (SSSR count). The van der Waals surface area contributed by atoms with Crippen LogP contribution in [0.3, 0.4) is 0 Å². The van der Waals surface area contributed by atoms with Crippen LogP contribution in [0.4, 0.5) is 11.4 Å². The lowest BCUT2D eigenvalue weighted by Crippen LogP contribution is -2.27. The Morgan fingerprint density at radius 3 is 1.29 bits per heavy atom. The Balaban J connectivity index is 1.41. The van der Waals surface area contributed by atoms with Gasteiger partial charge < -0.3 is 10.6 Å². The standard InChI is InChI=1S/C34H34N2O2/c1-23(17-19-25-11-5-3-6-12-25)35-29-21-22-30(36-24(2)18-20-26-13-7-4-8-14-26)32-31(29)33(37)27-15-9-10-16-28(27)34(32)38/h3-16,21-24,35-36H,17-20H2,1-2H3. The van der Waals surface area contributed by atoms with Crippen molar-refractivity contribution < 1.29 is 9.59 Å². The Bertz CT molecular complexity index is 1320. The topological polar surface area (TPSA) is 58.2 Å². The molecule has 0 amide bonds. The summed E-state index contributed by atoms with van der Waals surface area (Å²) in [6.07, 6.45) is 3.69. The number of carbonyl (C=O) groups is 2. The maximum atomic E-state index is 13.8. The molecule has 0 heterocycles. The van der Waals surface area contributed by atoms with E-state index in [2.05, 4.69) is 73.0 Å². The average Bonchev–Trinajstić information content (AvgIpc) is 2.95. The molecule has 4 aromatic carbocycles. The second kappa shape index (κ2) is 11.5. The molecule has 0 saturated carbocycles. The van der Waals surface area contributed by atoms with Crippen molar-refractivity contribution in [3.05, 3.63) is 130 Å². The van der Waals surface area contributed by atoms with Gasteiger partial charge in [0.2, 0.25) is 0 Å². The maximum absolute atomic E-state index is 13.8. The molecule has 4 heteroatoms. The third-order valence-corrected chi connectivity index (χ3v) is 7.30. The zero-order valence-electron chi connectivity index (χ0n) is 22.0. The molecule has 0 radical (unpaired) electrons. The van der Waals surface area contributed by atoms with E-state index < -0.39 is 0 Å². The van der Waals surface area contributed by atoms with E-state index in [4.69, 9.17) is 0 Å². The van der Waals surface area contributed by atoms with Crippen LogP contribution in [0.25, 0.3) is 0 Å². The van der Waals surface area contributed by atoms with Gasteiger partial charge in [0.15, 0.2) is 11.6 Å². The zero-order chi connectivity index (χ0) is 26.5. The van der Waals surface area contributed by atoms with Crippen LogP contribution in [0.2, 0.25) is 0 Å². The quantitative estimate of drug-likeness (QED) is 0.210. The number of carbonyl (C=O) groups excluding carboxylic acids is 2. The molecule has 1 aliphatic rings. The minimum Gasteiger partial charge on any atom is -0.382 e. The van der Waals surface area contributed by atoms with Crippen LogP contribution < -0.4 is 10.6 Å². The van der Waals surface area contributed by atoms with Crippen molar-refractivity contribution in [1.82, 2.24) is 0 Å². The van der Waals surface area contributed by atoms with Gasteiger partial charge in [-0.05, 0) is 62.8 Å². The molecular formula is C34H34N2O2. The number of hydrogen-bond acceptors (Lipinski definition) is 4. The summed E-state index contributed by atoms with van der Waals surface area (Å²) >= 11 is 0. The van der Waals surface area contributed by atoms with Gasteiger partial charge in [0.25, 0.3) is 0 Å². The average molecular weight is 503 g/mol. The molecule has 0 spiro atoms. The Morgan fingerprint density at radius 2 is 0.895 bits per heavy atom. The number of anilines is 2. The van der Waals surface area contributed by atoms with Crippen LogP contribution in [0, 0.1) is 0 Å². The summed E-state index contributed by atoms with van der Waals surface area (Å²) < 4.78 is 0. The van der Waals surface area contributed by atoms with E-state index in [0.29, 0.717) is 22.3 Å². The maximum Gasteiger partial charge on any atom is 0.196 e. The Kier molecular flexibility index (Phi) is 7.69. The summed E-state index contributed by atoms with van der Waals surface area (Å²) in [4.78, 5) is 27.5. The molecule has 2 unspecified atom stereocenters. The molecule has 0 bridgehead atoms. The summed E-state index contributed by atoms with van der Waals surface area (Å²) in [5.74, 6) is -0.206. The third kappa shape index (κ3) is 5.55. The van der Waals surface area contributed by atoms with Gasteiger partial charge in [0.1, 0.15) is 0 Å². The SMILES string of the molecule is CC(CCc1ccccc1)Nc1ccc(NC(C)CCc2ccccc2)c2c1C(=O)c1ccccc1C2=O. The number of nitrogens with one attached hydrogen (secondary N) is 2. The van der Waals surface area contributed by atoms with Crippen molar-refractivity contribution in [2.75, 3.05) is 10.6 Å². The predicted molar refractivity (Wildman–Crippen MR) is 155 cm³/mol. The molecule has 0 saturated heterocycles. The Hall–Kier alpha value is -4.18. The molecule has 4 aromatic rings. The van der Waals surface area contributed by atoms with E-state index in [0.717, 1.165) is 37.1 Å². The van der Waals surface area contributed by atoms with E-state index in [1.165, 1.54) is 11.1 Å². The smallest absolute Gasteiger partial charge is 0.196 e. The first-order valence-electron chi connectivity index (χ1n) is 13.5. The minimum absolute atomic E-state index is 0.103. The van der Waals surface area contributed by atoms with E-state index >= 15 is 0 Å². The largest absolute Gasteiger partial charge is 0.382 e. The van der Waals surface area contributed by atoms with Crippen LogP contribution in [0.1, 0.15) is 69.7 Å². The molecule has 38 heavy (non-hydrogen) atoms. The monoisotopic (exact) mass is 502 g/mol. The fraction of sp³-hybridized carbons (Fsp3) is 0.235. The van der Waals surface area contributed by atoms with Crippen molar-refractivity contribution >= 4 is 22.9 Å². The highest BCUT2D eigenvalue weighted by molar-refractivity contribution is 6.31. The Morgan fingerprint density at radius 1 is 0.526 bits per heavy atom. The molecular weight excluding hydrogens is 468 g/mol. The molecule has 0 aromatic heterocycles. The highest BCUT2D eigenvalue weighted by Crippen LogP contribution is 2.37. The van der Waals surface area contributed by atoms with Gasteiger partial charge in [0, 0.05) is 34.6 Å².